The predicted molar refractivity (Wildman–Crippen MR) is 574 cm³/mol. The van der Waals surface area contributed by atoms with Gasteiger partial charge in [0.15, 0.2) is 33.5 Å². The number of methoxy groups -OCH3 is 4. The highest BCUT2D eigenvalue weighted by Gasteiger charge is 2.45. The van der Waals surface area contributed by atoms with Gasteiger partial charge in [-0.05, 0) is 254 Å². The maximum Gasteiger partial charge on any atom is 0.338 e. The second-order valence-electron chi connectivity index (χ2n) is 40.4. The van der Waals surface area contributed by atoms with Crippen LogP contribution in [0.25, 0.3) is 0 Å². The molecule has 25 nitrogen and oxygen atoms in total. The van der Waals surface area contributed by atoms with Crippen LogP contribution in [-0.2, 0) is 91.1 Å². The van der Waals surface area contributed by atoms with Gasteiger partial charge in [0.2, 0.25) is 0 Å². The highest BCUT2D eigenvalue weighted by Crippen LogP contribution is 2.50. The molecule has 8 aromatic carbocycles. The molecule has 0 radical (unpaired) electrons. The first-order chi connectivity index (χ1) is 70.2. The van der Waals surface area contributed by atoms with E-state index in [0.717, 1.165) is 94.9 Å². The first-order valence-electron chi connectivity index (χ1n) is 52.6. The van der Waals surface area contributed by atoms with Crippen LogP contribution < -0.4 is 18.9 Å². The molecular weight excluding hydrogens is 1880 g/mol. The van der Waals surface area contributed by atoms with Crippen LogP contribution >= 0.6 is 8.53 Å². The van der Waals surface area contributed by atoms with Crippen LogP contribution in [0.4, 0.5) is 0 Å². The van der Waals surface area contributed by atoms with Gasteiger partial charge in [0.25, 0.3) is 8.53 Å². The number of carbonyl (C=O) groups is 4. The Bertz CT molecular complexity index is 4950. The molecule has 15 unspecified atom stereocenters. The molecule has 10 rings (SSSR count). The number of ether oxygens (including phenoxy) is 16. The standard InChI is InChI=1S/C61H85N2O12P.C58H82O11Si/c1-44(2)63(45(3)4)76(73-41-21-37-62)75-57(36-31-54(64)26-17-18-39-69-60-48(7)46(5)47(6)58(74-60)43-71-59(65)50-22-13-11-14-23-50)42-70-49(8)68-38-19-20-40-72-61(51-24-15-12-16-25-51,52-27-32-55(66-9)33-28-52)53-29-34-56(67-10)35-30-53;1-42-43(2)54(41-66-55(60)46-22-14-12-15-23-46)68-56(44(42)3)64-38-19-18-26-50(59)31-36-53(69-70(10,11)57(5,6)7)40-65-45(4)63-37-20-21-39-67-58(47-24-16-13-17-25-47,48-27-32-51(61-8)33-28-48)49-29-34-52(62-9)35-30-49/h11-16,22-25,27-30,32-35,44-49,57-58,60H,17-21,26,31,36,38-43H2,1-10H3;12-17,22-25,27-30,32-35,42-45,53-54,56H,18-21,26,31,36-41H2,1-11H3. The number of unbranched alkanes of at least 4 members (excludes halogenated alkanes) is 4. The Balaban J connectivity index is 0.000000326. The zero-order chi connectivity index (χ0) is 106. The molecule has 2 aliphatic rings. The van der Waals surface area contributed by atoms with Crippen molar-refractivity contribution >= 4 is 40.3 Å². The molecule has 15 atom stereocenters. The largest absolute Gasteiger partial charge is 0.497 e. The molecule has 2 aliphatic heterocycles. The van der Waals surface area contributed by atoms with Crippen LogP contribution in [0.2, 0.25) is 18.1 Å². The lowest BCUT2D eigenvalue weighted by Gasteiger charge is -2.43. The minimum absolute atomic E-state index is 0.000300. The molecule has 0 aliphatic carbocycles. The zero-order valence-corrected chi connectivity index (χ0v) is 92.5. The maximum absolute atomic E-state index is 13.5. The van der Waals surface area contributed by atoms with Crippen molar-refractivity contribution in [2.75, 3.05) is 101 Å². The molecule has 0 aromatic heterocycles. The number of ketones is 2. The molecule has 0 spiro atoms. The van der Waals surface area contributed by atoms with E-state index in [0.29, 0.717) is 115 Å². The van der Waals surface area contributed by atoms with Gasteiger partial charge in [-0.15, -0.1) is 0 Å². The van der Waals surface area contributed by atoms with E-state index >= 15 is 0 Å². The number of benzene rings is 8. The average molecular weight is 2050 g/mol. The molecular formula is C119H167N2O23PSi. The first kappa shape index (κ1) is 120. The zero-order valence-electron chi connectivity index (χ0n) is 90.6. The second kappa shape index (κ2) is 62.5. The van der Waals surface area contributed by atoms with E-state index in [9.17, 15) is 24.4 Å². The highest BCUT2D eigenvalue weighted by molar-refractivity contribution is 7.44. The molecule has 0 N–H and O–H groups in total. The summed E-state index contributed by atoms with van der Waals surface area (Å²) in [5.41, 5.74) is 5.19. The fraction of sp³-hybridized carbons (Fsp3) is 0.555. The lowest BCUT2D eigenvalue weighted by atomic mass is 9.79. The third kappa shape index (κ3) is 36.9. The number of esters is 2. The van der Waals surface area contributed by atoms with Crippen molar-refractivity contribution in [3.05, 3.63) is 263 Å². The van der Waals surface area contributed by atoms with Crippen molar-refractivity contribution in [1.29, 1.82) is 5.26 Å². The van der Waals surface area contributed by atoms with Crippen LogP contribution in [0.1, 0.15) is 254 Å². The monoisotopic (exact) mass is 2050 g/mol. The number of nitriles is 1. The lowest BCUT2D eigenvalue weighted by Crippen LogP contribution is -2.48. The quantitative estimate of drug-likeness (QED) is 0.00855. The number of carbonyl (C=O) groups excluding carboxylic acids is 4. The van der Waals surface area contributed by atoms with Crippen LogP contribution in [0.15, 0.2) is 218 Å². The summed E-state index contributed by atoms with van der Waals surface area (Å²) >= 11 is 0. The molecule has 2 heterocycles. The summed E-state index contributed by atoms with van der Waals surface area (Å²) in [7, 11) is 2.91. The molecule has 27 heteroatoms. The smallest absolute Gasteiger partial charge is 0.338 e. The predicted octanol–water partition coefficient (Wildman–Crippen LogP) is 25.4. The van der Waals surface area contributed by atoms with Crippen molar-refractivity contribution in [2.45, 2.75) is 291 Å². The topological polar surface area (TPSA) is 271 Å². The molecule has 0 amide bonds. The van der Waals surface area contributed by atoms with Crippen molar-refractivity contribution in [1.82, 2.24) is 4.67 Å². The van der Waals surface area contributed by atoms with Gasteiger partial charge in [-0.1, -0.05) is 208 Å². The Morgan fingerprint density at radius 1 is 0.397 bits per heavy atom. The maximum atomic E-state index is 13.5. The third-order valence-corrected chi connectivity index (χ3v) is 35.2. The van der Waals surface area contributed by atoms with Gasteiger partial charge < -0.3 is 89.3 Å². The van der Waals surface area contributed by atoms with Crippen molar-refractivity contribution in [3.8, 4) is 29.1 Å². The van der Waals surface area contributed by atoms with E-state index in [-0.39, 0.29) is 121 Å². The number of rotatable bonds is 64. The Morgan fingerprint density at radius 3 is 1.07 bits per heavy atom. The molecule has 146 heavy (non-hydrogen) atoms. The first-order valence-corrected chi connectivity index (χ1v) is 56.6. The molecule has 2 fully saturated rings. The Kier molecular flexibility index (Phi) is 51.5. The van der Waals surface area contributed by atoms with E-state index in [2.05, 4.69) is 187 Å². The Labute approximate surface area is 873 Å². The number of hydrogen-bond donors (Lipinski definition) is 0. The van der Waals surface area contributed by atoms with Gasteiger partial charge >= 0.3 is 11.9 Å². The van der Waals surface area contributed by atoms with Gasteiger partial charge in [-0.2, -0.15) is 5.26 Å². The van der Waals surface area contributed by atoms with E-state index in [1.165, 1.54) is 0 Å². The molecule has 8 aromatic rings. The number of hydrogen-bond acceptors (Lipinski definition) is 25. The summed E-state index contributed by atoms with van der Waals surface area (Å²) in [6.45, 7) is 40.1. The summed E-state index contributed by atoms with van der Waals surface area (Å²) in [5.74, 6) is 3.96. The lowest BCUT2D eigenvalue weighted by molar-refractivity contribution is -0.254. The normalized spacial score (nSPS) is 19.3. The average Bonchev–Trinajstić information content (AvgIpc) is 0.754. The van der Waals surface area contributed by atoms with Crippen LogP contribution in [0.3, 0.4) is 0 Å². The summed E-state index contributed by atoms with van der Waals surface area (Å²) in [6.07, 6.45) is 5.50. The van der Waals surface area contributed by atoms with Crippen molar-refractivity contribution < 1.29 is 108 Å². The van der Waals surface area contributed by atoms with E-state index in [1.807, 2.05) is 135 Å². The van der Waals surface area contributed by atoms with E-state index in [4.69, 9.17) is 89.3 Å². The minimum atomic E-state index is -2.16. The highest BCUT2D eigenvalue weighted by atomic mass is 31.2. The fourth-order valence-electron chi connectivity index (χ4n) is 18.0. The summed E-state index contributed by atoms with van der Waals surface area (Å²) in [6, 6.07) is 73.0. The van der Waals surface area contributed by atoms with Crippen LogP contribution in [-0.4, -0.2) is 199 Å². The minimum Gasteiger partial charge on any atom is -0.497 e. The van der Waals surface area contributed by atoms with Gasteiger partial charge in [-0.3, -0.25) is 9.59 Å². The summed E-state index contributed by atoms with van der Waals surface area (Å²) < 4.78 is 120. The van der Waals surface area contributed by atoms with Crippen molar-refractivity contribution in [3.63, 3.8) is 0 Å². The number of nitrogens with zero attached hydrogens (tertiary/aromatic N) is 2. The van der Waals surface area contributed by atoms with Crippen molar-refractivity contribution in [2.24, 2.45) is 35.5 Å². The SMILES string of the molecule is COc1ccc(C(OCCCCOC(C)OCC(CCC(=O)CCCCOC2OC(COC(=O)c3ccccc3)C(C)C(C)C2C)OP(OCCC#N)N(C(C)C)C(C)C)(c2ccccc2)c2ccc(OC)cc2)cc1.COc1ccc(C(OCCCCOC(C)OCC(CCC(=O)CCCCOC2OC(COC(=O)c3ccccc3)C(C)C(C)C2C)O[Si](C)(C)C(C)(C)C)(c2ccccc2)c2ccc(OC)cc2)cc1. The molecule has 0 bridgehead atoms. The van der Waals surface area contributed by atoms with E-state index in [1.54, 1.807) is 52.7 Å². The summed E-state index contributed by atoms with van der Waals surface area (Å²) in [5, 5.41) is 9.33. The van der Waals surface area contributed by atoms with E-state index < -0.39 is 59.3 Å². The molecule has 800 valence electrons. The van der Waals surface area contributed by atoms with Gasteiger partial charge in [0.1, 0.15) is 59.0 Å². The third-order valence-electron chi connectivity index (χ3n) is 28.5. The molecule has 2 saturated heterocycles. The number of Topliss-reactive ketones (excluding diaryl/α,β-unsaturated/α-hetero) is 2. The Morgan fingerprint density at radius 2 is 0.726 bits per heavy atom. The summed E-state index contributed by atoms with van der Waals surface area (Å²) in [4.78, 5) is 52.0. The second-order valence-corrected chi connectivity index (χ2v) is 46.6. The van der Waals surface area contributed by atoms with Crippen LogP contribution in [0, 0.1) is 46.8 Å². The van der Waals surface area contributed by atoms with Gasteiger partial charge in [-0.25, -0.2) is 14.3 Å². The Hall–Kier alpha value is -9.18. The fourth-order valence-corrected chi connectivity index (χ4v) is 21.1. The van der Waals surface area contributed by atoms with Gasteiger partial charge in [0.05, 0.1) is 96.3 Å². The molecule has 0 saturated carbocycles. The van der Waals surface area contributed by atoms with Gasteiger partial charge in [0, 0.05) is 89.2 Å². The van der Waals surface area contributed by atoms with Crippen LogP contribution in [0.5, 0.6) is 23.0 Å².